The van der Waals surface area contributed by atoms with Crippen LogP contribution in [0.15, 0.2) is 47.8 Å². The number of carbonyl (C=O) groups is 1. The summed E-state index contributed by atoms with van der Waals surface area (Å²) in [4.78, 5) is 21.1. The molecular formula is C19H14F3N5O2S. The van der Waals surface area contributed by atoms with Gasteiger partial charge >= 0.3 is 6.18 Å². The summed E-state index contributed by atoms with van der Waals surface area (Å²) in [7, 11) is 0. The van der Waals surface area contributed by atoms with E-state index < -0.39 is 23.6 Å². The van der Waals surface area contributed by atoms with Crippen molar-refractivity contribution in [3.63, 3.8) is 0 Å². The topological polar surface area (TPSA) is 81.4 Å². The molecule has 4 rings (SSSR count). The summed E-state index contributed by atoms with van der Waals surface area (Å²) in [6.07, 6.45) is -4.70. The molecule has 0 saturated heterocycles. The molecule has 7 nitrogen and oxygen atoms in total. The fourth-order valence-electron chi connectivity index (χ4n) is 2.71. The predicted molar refractivity (Wildman–Crippen MR) is 105 cm³/mol. The van der Waals surface area contributed by atoms with Gasteiger partial charge in [0.1, 0.15) is 5.75 Å². The van der Waals surface area contributed by atoms with Crippen molar-refractivity contribution in [2.24, 2.45) is 0 Å². The number of rotatable bonds is 5. The number of benzene rings is 1. The number of hydrogen-bond donors (Lipinski definition) is 1. The van der Waals surface area contributed by atoms with Gasteiger partial charge in [-0.25, -0.2) is 4.98 Å². The van der Waals surface area contributed by atoms with Gasteiger partial charge in [-0.2, -0.15) is 22.7 Å². The van der Waals surface area contributed by atoms with Gasteiger partial charge in [0.05, 0.1) is 17.2 Å². The van der Waals surface area contributed by atoms with Crippen molar-refractivity contribution in [1.82, 2.24) is 19.6 Å². The molecule has 0 aliphatic heterocycles. The number of anilines is 1. The van der Waals surface area contributed by atoms with Crippen molar-refractivity contribution in [1.29, 1.82) is 0 Å². The molecule has 3 aromatic heterocycles. The third-order valence-electron chi connectivity index (χ3n) is 4.00. The lowest BCUT2D eigenvalue weighted by Gasteiger charge is -2.09. The van der Waals surface area contributed by atoms with Crippen molar-refractivity contribution in [3.05, 3.63) is 59.4 Å². The SMILES string of the molecule is CCOc1ccc(NC(=O)c2nc3nc(-c4cccs4)cc(C(F)(F)F)n3n2)cc1. The van der Waals surface area contributed by atoms with E-state index in [2.05, 4.69) is 20.4 Å². The van der Waals surface area contributed by atoms with E-state index in [9.17, 15) is 18.0 Å². The van der Waals surface area contributed by atoms with Crippen LogP contribution in [0.25, 0.3) is 16.3 Å². The largest absolute Gasteiger partial charge is 0.494 e. The van der Waals surface area contributed by atoms with Crippen LogP contribution < -0.4 is 10.1 Å². The number of alkyl halides is 3. The Kier molecular flexibility index (Phi) is 5.12. The molecule has 1 aromatic carbocycles. The van der Waals surface area contributed by atoms with E-state index in [1.54, 1.807) is 41.8 Å². The van der Waals surface area contributed by atoms with Crippen LogP contribution in [0.3, 0.4) is 0 Å². The van der Waals surface area contributed by atoms with Crippen molar-refractivity contribution < 1.29 is 22.7 Å². The number of carbonyl (C=O) groups excluding carboxylic acids is 1. The Hall–Kier alpha value is -3.47. The number of thiophene rings is 1. The molecule has 0 aliphatic carbocycles. The summed E-state index contributed by atoms with van der Waals surface area (Å²) in [5.41, 5.74) is -0.537. The van der Waals surface area contributed by atoms with E-state index in [0.717, 1.165) is 6.07 Å². The second-order valence-corrected chi connectivity index (χ2v) is 7.01. The Labute approximate surface area is 172 Å². The first kappa shape index (κ1) is 19.8. The first-order valence-electron chi connectivity index (χ1n) is 8.78. The fourth-order valence-corrected chi connectivity index (χ4v) is 3.39. The molecule has 0 saturated carbocycles. The van der Waals surface area contributed by atoms with Crippen molar-refractivity contribution in [2.45, 2.75) is 13.1 Å². The van der Waals surface area contributed by atoms with E-state index in [-0.39, 0.29) is 11.5 Å². The van der Waals surface area contributed by atoms with Crippen LogP contribution in [-0.2, 0) is 6.18 Å². The molecule has 1 N–H and O–H groups in total. The molecule has 11 heteroatoms. The number of nitrogens with one attached hydrogen (secondary N) is 1. The van der Waals surface area contributed by atoms with Crippen LogP contribution >= 0.6 is 11.3 Å². The highest BCUT2D eigenvalue weighted by Crippen LogP contribution is 2.33. The molecule has 0 unspecified atom stereocenters. The zero-order valence-corrected chi connectivity index (χ0v) is 16.3. The lowest BCUT2D eigenvalue weighted by Crippen LogP contribution is -2.16. The third-order valence-corrected chi connectivity index (χ3v) is 4.89. The van der Waals surface area contributed by atoms with Crippen molar-refractivity contribution >= 4 is 28.7 Å². The summed E-state index contributed by atoms with van der Waals surface area (Å²) in [5.74, 6) is -0.868. The fraction of sp³-hybridized carbons (Fsp3) is 0.158. The zero-order chi connectivity index (χ0) is 21.3. The molecule has 0 fully saturated rings. The Morgan fingerprint density at radius 3 is 2.60 bits per heavy atom. The molecule has 0 radical (unpaired) electrons. The van der Waals surface area contributed by atoms with Crippen LogP contribution in [0, 0.1) is 0 Å². The monoisotopic (exact) mass is 433 g/mol. The minimum atomic E-state index is -4.70. The Morgan fingerprint density at radius 1 is 1.20 bits per heavy atom. The first-order chi connectivity index (χ1) is 14.3. The first-order valence-corrected chi connectivity index (χ1v) is 9.66. The highest BCUT2D eigenvalue weighted by atomic mass is 32.1. The van der Waals surface area contributed by atoms with Gasteiger partial charge < -0.3 is 10.1 Å². The normalized spacial score (nSPS) is 11.6. The lowest BCUT2D eigenvalue weighted by molar-refractivity contribution is -0.142. The average Bonchev–Trinajstić information content (AvgIpc) is 3.38. The smallest absolute Gasteiger partial charge is 0.433 e. The quantitative estimate of drug-likeness (QED) is 0.500. The zero-order valence-electron chi connectivity index (χ0n) is 15.5. The second-order valence-electron chi connectivity index (χ2n) is 6.06. The molecule has 154 valence electrons. The summed E-state index contributed by atoms with van der Waals surface area (Å²) in [6.45, 7) is 2.34. The van der Waals surface area contributed by atoms with Crippen LogP contribution in [0.2, 0.25) is 0 Å². The molecule has 4 aromatic rings. The molecule has 0 atom stereocenters. The van der Waals surface area contributed by atoms with Gasteiger partial charge in [0.15, 0.2) is 5.69 Å². The molecular weight excluding hydrogens is 419 g/mol. The minimum absolute atomic E-state index is 0.107. The van der Waals surface area contributed by atoms with Gasteiger partial charge in [0.25, 0.3) is 11.7 Å². The van der Waals surface area contributed by atoms with Crippen LogP contribution in [-0.4, -0.2) is 32.1 Å². The van der Waals surface area contributed by atoms with Gasteiger partial charge in [0.2, 0.25) is 5.82 Å². The molecule has 1 amide bonds. The number of ether oxygens (including phenoxy) is 1. The molecule has 30 heavy (non-hydrogen) atoms. The molecule has 0 spiro atoms. The van der Waals surface area contributed by atoms with Crippen LogP contribution in [0.4, 0.5) is 18.9 Å². The molecule has 0 aliphatic rings. The van der Waals surface area contributed by atoms with Gasteiger partial charge in [-0.05, 0) is 48.7 Å². The highest BCUT2D eigenvalue weighted by Gasteiger charge is 2.36. The van der Waals surface area contributed by atoms with Gasteiger partial charge in [-0.15, -0.1) is 16.4 Å². The number of halogens is 3. The van der Waals surface area contributed by atoms with Crippen molar-refractivity contribution in [2.75, 3.05) is 11.9 Å². The van der Waals surface area contributed by atoms with E-state index in [0.29, 0.717) is 27.4 Å². The summed E-state index contributed by atoms with van der Waals surface area (Å²) < 4.78 is 46.6. The van der Waals surface area contributed by atoms with Crippen molar-refractivity contribution in [3.8, 4) is 16.3 Å². The number of fused-ring (bicyclic) bond motifs is 1. The van der Waals surface area contributed by atoms with Crippen LogP contribution in [0.5, 0.6) is 5.75 Å². The second kappa shape index (κ2) is 7.75. The Morgan fingerprint density at radius 2 is 1.97 bits per heavy atom. The van der Waals surface area contributed by atoms with E-state index >= 15 is 0 Å². The summed E-state index contributed by atoms with van der Waals surface area (Å²) in [5, 5.41) is 8.01. The van der Waals surface area contributed by atoms with E-state index in [1.165, 1.54) is 11.3 Å². The third kappa shape index (κ3) is 3.96. The number of hydrogen-bond acceptors (Lipinski definition) is 6. The Bertz CT molecular complexity index is 1190. The van der Waals surface area contributed by atoms with E-state index in [4.69, 9.17) is 4.74 Å². The van der Waals surface area contributed by atoms with E-state index in [1.807, 2.05) is 6.92 Å². The van der Waals surface area contributed by atoms with Gasteiger partial charge in [-0.1, -0.05) is 6.07 Å². The van der Waals surface area contributed by atoms with Gasteiger partial charge in [0, 0.05) is 5.69 Å². The minimum Gasteiger partial charge on any atom is -0.494 e. The standard InChI is InChI=1S/C19H14F3N5O2S/c1-2-29-12-7-5-11(6-8-12)23-17(28)16-25-18-24-13(14-4-3-9-30-14)10-15(19(20,21)22)27(18)26-16/h3-10H,2H2,1H3,(H,23,28). The van der Waals surface area contributed by atoms with Gasteiger partial charge in [-0.3, -0.25) is 4.79 Å². The highest BCUT2D eigenvalue weighted by molar-refractivity contribution is 7.13. The predicted octanol–water partition coefficient (Wildman–Crippen LogP) is 4.52. The lowest BCUT2D eigenvalue weighted by atomic mass is 10.3. The number of nitrogens with zero attached hydrogens (tertiary/aromatic N) is 4. The maximum Gasteiger partial charge on any atom is 0.433 e. The molecule has 3 heterocycles. The maximum atomic E-state index is 13.6. The Balaban J connectivity index is 1.69. The summed E-state index contributed by atoms with van der Waals surface area (Å²) >= 11 is 1.25. The average molecular weight is 433 g/mol. The number of amides is 1. The molecule has 0 bridgehead atoms. The number of aromatic nitrogens is 4. The van der Waals surface area contributed by atoms with Crippen LogP contribution in [0.1, 0.15) is 23.2 Å². The maximum absolute atomic E-state index is 13.6. The summed E-state index contributed by atoms with van der Waals surface area (Å²) in [6, 6.07) is 10.8.